The molecule has 1 N–H and O–H groups in total. The van der Waals surface area contributed by atoms with Crippen molar-refractivity contribution in [3.8, 4) is 0 Å². The van der Waals surface area contributed by atoms with Crippen molar-refractivity contribution in [2.24, 2.45) is 5.41 Å². The van der Waals surface area contributed by atoms with E-state index in [-0.39, 0.29) is 11.5 Å². The Morgan fingerprint density at radius 1 is 1.39 bits per heavy atom. The van der Waals surface area contributed by atoms with Gasteiger partial charge in [0.15, 0.2) is 0 Å². The molecule has 2 aliphatic carbocycles. The molecule has 0 bridgehead atoms. The fourth-order valence-electron chi connectivity index (χ4n) is 3.73. The maximum absolute atomic E-state index is 9.70. The molecule has 2 unspecified atom stereocenters. The van der Waals surface area contributed by atoms with Gasteiger partial charge in [-0.05, 0) is 50.0 Å². The van der Waals surface area contributed by atoms with Crippen LogP contribution in [0.25, 0.3) is 0 Å². The van der Waals surface area contributed by atoms with Crippen LogP contribution in [0.3, 0.4) is 0 Å². The molecule has 1 aromatic heterocycles. The van der Waals surface area contributed by atoms with Crippen molar-refractivity contribution in [3.05, 3.63) is 18.0 Å². The van der Waals surface area contributed by atoms with Gasteiger partial charge in [-0.1, -0.05) is 19.8 Å². The second-order valence-electron chi connectivity index (χ2n) is 6.61. The summed E-state index contributed by atoms with van der Waals surface area (Å²) in [7, 11) is 0. The van der Waals surface area contributed by atoms with Gasteiger partial charge in [0.25, 0.3) is 0 Å². The van der Waals surface area contributed by atoms with Crippen LogP contribution in [0.1, 0.15) is 63.6 Å². The molecule has 2 fully saturated rings. The number of aliphatic hydroxyl groups excluding tert-OH is 1. The zero-order valence-electron chi connectivity index (χ0n) is 11.3. The quantitative estimate of drug-likeness (QED) is 0.892. The molecule has 0 saturated heterocycles. The molecule has 2 atom stereocenters. The lowest BCUT2D eigenvalue weighted by Gasteiger charge is -2.22. The summed E-state index contributed by atoms with van der Waals surface area (Å²) < 4.78 is 2.18. The standard InChI is InChI=1S/C15H24N2O/c1-15(8-6-14(18)11-15)10-12-7-9-17(16-12)13-4-2-3-5-13/h7,9,13-14,18H,2-6,8,10-11H2,1H3. The van der Waals surface area contributed by atoms with E-state index in [0.29, 0.717) is 6.04 Å². The van der Waals surface area contributed by atoms with E-state index in [0.717, 1.165) is 25.7 Å². The van der Waals surface area contributed by atoms with Gasteiger partial charge in [0.1, 0.15) is 0 Å². The molecular weight excluding hydrogens is 224 g/mol. The Bertz CT molecular complexity index is 408. The van der Waals surface area contributed by atoms with Gasteiger partial charge >= 0.3 is 0 Å². The minimum Gasteiger partial charge on any atom is -0.393 e. The van der Waals surface area contributed by atoms with Crippen LogP contribution in [-0.2, 0) is 6.42 Å². The predicted octanol–water partition coefficient (Wildman–Crippen LogP) is 3.09. The Labute approximate surface area is 109 Å². The first-order valence-electron chi connectivity index (χ1n) is 7.37. The SMILES string of the molecule is CC1(Cc2ccn(C3CCCC3)n2)CCC(O)C1. The minimum atomic E-state index is -0.0908. The van der Waals surface area contributed by atoms with E-state index >= 15 is 0 Å². The molecule has 1 aromatic rings. The molecule has 0 aliphatic heterocycles. The van der Waals surface area contributed by atoms with E-state index < -0.39 is 0 Å². The zero-order chi connectivity index (χ0) is 12.6. The molecule has 3 rings (SSSR count). The molecule has 18 heavy (non-hydrogen) atoms. The second kappa shape index (κ2) is 4.69. The molecule has 2 saturated carbocycles. The van der Waals surface area contributed by atoms with Crippen LogP contribution in [0, 0.1) is 5.41 Å². The van der Waals surface area contributed by atoms with E-state index in [1.165, 1.54) is 31.4 Å². The zero-order valence-corrected chi connectivity index (χ0v) is 11.3. The summed E-state index contributed by atoms with van der Waals surface area (Å²) in [5.74, 6) is 0. The molecule has 2 aliphatic rings. The van der Waals surface area contributed by atoms with Crippen molar-refractivity contribution in [3.63, 3.8) is 0 Å². The van der Waals surface area contributed by atoms with Gasteiger partial charge in [-0.15, -0.1) is 0 Å². The molecule has 0 radical (unpaired) electrons. The van der Waals surface area contributed by atoms with Gasteiger partial charge in [-0.2, -0.15) is 5.10 Å². The number of aliphatic hydroxyl groups is 1. The van der Waals surface area contributed by atoms with E-state index in [4.69, 9.17) is 5.10 Å². The van der Waals surface area contributed by atoms with E-state index in [1.54, 1.807) is 0 Å². The Morgan fingerprint density at radius 3 is 2.83 bits per heavy atom. The van der Waals surface area contributed by atoms with Gasteiger partial charge in [-0.3, -0.25) is 4.68 Å². The molecule has 1 heterocycles. The van der Waals surface area contributed by atoms with Gasteiger partial charge < -0.3 is 5.11 Å². The first-order chi connectivity index (χ1) is 8.65. The summed E-state index contributed by atoms with van der Waals surface area (Å²) >= 11 is 0. The van der Waals surface area contributed by atoms with Crippen LogP contribution in [0.4, 0.5) is 0 Å². The smallest absolute Gasteiger partial charge is 0.0630 e. The summed E-state index contributed by atoms with van der Waals surface area (Å²) in [4.78, 5) is 0. The van der Waals surface area contributed by atoms with E-state index in [1.807, 2.05) is 0 Å². The molecule has 100 valence electrons. The number of nitrogens with zero attached hydrogens (tertiary/aromatic N) is 2. The summed E-state index contributed by atoms with van der Waals surface area (Å²) in [6.45, 7) is 2.29. The second-order valence-corrected chi connectivity index (χ2v) is 6.61. The number of rotatable bonds is 3. The highest BCUT2D eigenvalue weighted by Crippen LogP contribution is 2.40. The number of hydrogen-bond acceptors (Lipinski definition) is 2. The Hall–Kier alpha value is -0.830. The van der Waals surface area contributed by atoms with Crippen LogP contribution in [-0.4, -0.2) is 21.0 Å². The first-order valence-corrected chi connectivity index (χ1v) is 7.37. The average molecular weight is 248 g/mol. The highest BCUT2D eigenvalue weighted by Gasteiger charge is 2.34. The molecule has 3 nitrogen and oxygen atoms in total. The van der Waals surface area contributed by atoms with Crippen molar-refractivity contribution < 1.29 is 5.11 Å². The van der Waals surface area contributed by atoms with Crippen LogP contribution >= 0.6 is 0 Å². The largest absolute Gasteiger partial charge is 0.393 e. The first kappa shape index (κ1) is 12.2. The van der Waals surface area contributed by atoms with Crippen molar-refractivity contribution >= 4 is 0 Å². The topological polar surface area (TPSA) is 38.0 Å². The van der Waals surface area contributed by atoms with Gasteiger partial charge in [0, 0.05) is 6.20 Å². The third-order valence-corrected chi connectivity index (χ3v) is 4.78. The van der Waals surface area contributed by atoms with Gasteiger partial charge in [0.2, 0.25) is 0 Å². The van der Waals surface area contributed by atoms with Crippen molar-refractivity contribution in [2.45, 2.75) is 70.4 Å². The lowest BCUT2D eigenvalue weighted by atomic mass is 9.84. The lowest BCUT2D eigenvalue weighted by Crippen LogP contribution is -2.17. The third kappa shape index (κ3) is 2.46. The molecule has 3 heteroatoms. The lowest BCUT2D eigenvalue weighted by molar-refractivity contribution is 0.163. The minimum absolute atomic E-state index is 0.0908. The van der Waals surface area contributed by atoms with Gasteiger partial charge in [0.05, 0.1) is 17.8 Å². The summed E-state index contributed by atoms with van der Waals surface area (Å²) in [6, 6.07) is 2.81. The Kier molecular flexibility index (Phi) is 3.18. The summed E-state index contributed by atoms with van der Waals surface area (Å²) in [6.07, 6.45) is 11.4. The molecule has 0 spiro atoms. The van der Waals surface area contributed by atoms with Crippen molar-refractivity contribution in [2.75, 3.05) is 0 Å². The van der Waals surface area contributed by atoms with Crippen LogP contribution in [0.2, 0.25) is 0 Å². The van der Waals surface area contributed by atoms with E-state index in [9.17, 15) is 5.11 Å². The normalized spacial score (nSPS) is 33.3. The van der Waals surface area contributed by atoms with Crippen LogP contribution in [0.5, 0.6) is 0 Å². The fraction of sp³-hybridized carbons (Fsp3) is 0.800. The highest BCUT2D eigenvalue weighted by molar-refractivity contribution is 5.05. The number of aromatic nitrogens is 2. The Balaban J connectivity index is 1.66. The monoisotopic (exact) mass is 248 g/mol. The van der Waals surface area contributed by atoms with Crippen molar-refractivity contribution in [1.82, 2.24) is 9.78 Å². The third-order valence-electron chi connectivity index (χ3n) is 4.78. The van der Waals surface area contributed by atoms with Crippen molar-refractivity contribution in [1.29, 1.82) is 0 Å². The molecule has 0 aromatic carbocycles. The van der Waals surface area contributed by atoms with E-state index in [2.05, 4.69) is 23.9 Å². The van der Waals surface area contributed by atoms with Crippen LogP contribution < -0.4 is 0 Å². The maximum Gasteiger partial charge on any atom is 0.0630 e. The van der Waals surface area contributed by atoms with Gasteiger partial charge in [-0.25, -0.2) is 0 Å². The predicted molar refractivity (Wildman–Crippen MR) is 71.4 cm³/mol. The molecule has 0 amide bonds. The van der Waals surface area contributed by atoms with Crippen LogP contribution in [0.15, 0.2) is 12.3 Å². The maximum atomic E-state index is 9.70. The summed E-state index contributed by atoms with van der Waals surface area (Å²) in [5.41, 5.74) is 1.47. The number of hydrogen-bond donors (Lipinski definition) is 1. The fourth-order valence-corrected chi connectivity index (χ4v) is 3.73. The Morgan fingerprint density at radius 2 is 2.17 bits per heavy atom. The summed E-state index contributed by atoms with van der Waals surface area (Å²) in [5, 5.41) is 14.5. The molecular formula is C15H24N2O. The average Bonchev–Trinajstić information content (AvgIpc) is 2.99. The highest BCUT2D eigenvalue weighted by atomic mass is 16.3.